The Morgan fingerprint density at radius 3 is 2.51 bits per heavy atom. The van der Waals surface area contributed by atoms with Gasteiger partial charge in [-0.05, 0) is 56.6 Å². The molecule has 3 amide bonds. The molecule has 2 atom stereocenters. The van der Waals surface area contributed by atoms with E-state index in [1.807, 2.05) is 6.20 Å². The van der Waals surface area contributed by atoms with Gasteiger partial charge in [-0.15, -0.1) is 15.6 Å². The molecule has 1 aromatic carbocycles. The van der Waals surface area contributed by atoms with Crippen LogP contribution in [0.3, 0.4) is 0 Å². The number of oxime groups is 1. The molecule has 47 heavy (non-hydrogen) atoms. The summed E-state index contributed by atoms with van der Waals surface area (Å²) in [6.07, 6.45) is 1.11. The highest BCUT2D eigenvalue weighted by Gasteiger charge is 2.58. The number of anilines is 1. The Kier molecular flexibility index (Phi) is 10.3. The maximum atomic E-state index is 13.2. The number of hydrogen-bond acceptors (Lipinski definition) is 14. The molecule has 21 heteroatoms. The van der Waals surface area contributed by atoms with E-state index >= 15 is 0 Å². The van der Waals surface area contributed by atoms with Crippen LogP contribution in [0.1, 0.15) is 26.0 Å². The number of nitrogens with two attached hydrogens (primary N) is 3. The van der Waals surface area contributed by atoms with Crippen molar-refractivity contribution < 1.29 is 41.2 Å². The standard InChI is InChI=1S/C26H34N10O9S2/c1-26(2)20(23(39)36(26)45-47(40,41)42)32-22(38)19(16-13-46-24(29)31-16)33-44-18(21(28)37)12-43-15-7-5-14(6-8-15)17-11-35(10-4-9-27)25(30)34(17)3/h5-8,11,13,18,20,30H,4,9-10,12,27H2,1-3H3,(H2,28,37)(H2,29,31)(H,32,38)(H,40,41,42)/b30-25?,33-19-/t18?,20-/m1/s1. The van der Waals surface area contributed by atoms with E-state index in [0.29, 0.717) is 29.5 Å². The SMILES string of the molecule is Cn1c(-c2ccc(OCC(O/N=C(\C(=O)N[C@@H]3C(=O)N(OS(=O)(=O)O)C3(C)C)c3csc(N)n3)C(N)=O)cc2)cn(CCCN)c1=N. The van der Waals surface area contributed by atoms with E-state index in [1.54, 1.807) is 40.4 Å². The van der Waals surface area contributed by atoms with Crippen molar-refractivity contribution >= 4 is 50.3 Å². The van der Waals surface area contributed by atoms with E-state index in [-0.39, 0.29) is 10.8 Å². The summed E-state index contributed by atoms with van der Waals surface area (Å²) < 4.78 is 44.7. The summed E-state index contributed by atoms with van der Waals surface area (Å²) in [6.45, 7) is 3.47. The number of thiazole rings is 1. The number of nitrogens with one attached hydrogen (secondary N) is 2. The highest BCUT2D eigenvalue weighted by atomic mass is 32.3. The summed E-state index contributed by atoms with van der Waals surface area (Å²) in [5, 5.41) is 16.3. The molecule has 1 aliphatic heterocycles. The second-order valence-electron chi connectivity index (χ2n) is 10.8. The average molecular weight is 695 g/mol. The van der Waals surface area contributed by atoms with Crippen LogP contribution in [0.15, 0.2) is 41.0 Å². The van der Waals surface area contributed by atoms with Crippen molar-refractivity contribution in [2.45, 2.75) is 44.5 Å². The fourth-order valence-corrected chi connectivity index (χ4v) is 5.50. The predicted molar refractivity (Wildman–Crippen MR) is 166 cm³/mol. The summed E-state index contributed by atoms with van der Waals surface area (Å²) in [4.78, 5) is 47.3. The van der Waals surface area contributed by atoms with Crippen LogP contribution < -0.4 is 32.9 Å². The van der Waals surface area contributed by atoms with Crippen molar-refractivity contribution in [3.05, 3.63) is 47.2 Å². The number of carbonyl (C=O) groups is 3. The van der Waals surface area contributed by atoms with Crippen LogP contribution in [0.5, 0.6) is 5.75 Å². The van der Waals surface area contributed by atoms with Crippen molar-refractivity contribution in [1.82, 2.24) is 24.5 Å². The van der Waals surface area contributed by atoms with Gasteiger partial charge in [-0.2, -0.15) is 13.5 Å². The Morgan fingerprint density at radius 1 is 1.28 bits per heavy atom. The zero-order valence-corrected chi connectivity index (χ0v) is 27.1. The lowest BCUT2D eigenvalue weighted by molar-refractivity contribution is -0.218. The number of β-lactam (4-membered cyclic amide) rings is 1. The number of ether oxygens (including phenoxy) is 1. The Bertz CT molecular complexity index is 1850. The molecular weight excluding hydrogens is 660 g/mol. The molecule has 3 aromatic rings. The van der Waals surface area contributed by atoms with Gasteiger partial charge in [0, 0.05) is 25.2 Å². The summed E-state index contributed by atoms with van der Waals surface area (Å²) >= 11 is 0.976. The Hall–Kier alpha value is -4.83. The van der Waals surface area contributed by atoms with Crippen LogP contribution in [0.2, 0.25) is 0 Å². The molecule has 0 aliphatic carbocycles. The van der Waals surface area contributed by atoms with E-state index in [9.17, 15) is 22.8 Å². The van der Waals surface area contributed by atoms with Gasteiger partial charge in [-0.25, -0.2) is 4.98 Å². The van der Waals surface area contributed by atoms with E-state index in [2.05, 4.69) is 19.7 Å². The number of benzene rings is 1. The third-order valence-corrected chi connectivity index (χ3v) is 8.08. The third kappa shape index (κ3) is 7.94. The van der Waals surface area contributed by atoms with Gasteiger partial charge in [-0.1, -0.05) is 5.16 Å². The molecule has 19 nitrogen and oxygen atoms in total. The van der Waals surface area contributed by atoms with E-state index < -0.39 is 58.1 Å². The molecule has 3 heterocycles. The van der Waals surface area contributed by atoms with Crippen molar-refractivity contribution in [2.75, 3.05) is 18.9 Å². The summed E-state index contributed by atoms with van der Waals surface area (Å²) in [7, 11) is -3.23. The van der Waals surface area contributed by atoms with Gasteiger partial charge in [0.1, 0.15) is 24.1 Å². The molecule has 9 N–H and O–H groups in total. The number of aryl methyl sites for hydroxylation is 1. The minimum absolute atomic E-state index is 0.0544. The number of hydrogen-bond donors (Lipinski definition) is 6. The molecular formula is C26H34N10O9S2. The first-order valence-corrected chi connectivity index (χ1v) is 16.1. The van der Waals surface area contributed by atoms with Gasteiger partial charge in [0.25, 0.3) is 17.7 Å². The summed E-state index contributed by atoms with van der Waals surface area (Å²) in [5.74, 6) is -2.58. The molecule has 4 rings (SSSR count). The lowest BCUT2D eigenvalue weighted by Gasteiger charge is -2.50. The second-order valence-corrected chi connectivity index (χ2v) is 12.7. The minimum atomic E-state index is -5.01. The van der Waals surface area contributed by atoms with Crippen LogP contribution in [0, 0.1) is 5.41 Å². The Balaban J connectivity index is 1.46. The smallest absolute Gasteiger partial charge is 0.418 e. The molecule has 1 unspecified atom stereocenters. The fourth-order valence-electron chi connectivity index (χ4n) is 4.50. The zero-order chi connectivity index (χ0) is 34.7. The number of amides is 3. The summed E-state index contributed by atoms with van der Waals surface area (Å²) in [6, 6.07) is 5.55. The fraction of sp³-hybridized carbons (Fsp3) is 0.385. The molecule has 1 aliphatic rings. The number of carbonyl (C=O) groups excluding carboxylic acids is 3. The normalized spacial score (nSPS) is 16.8. The maximum Gasteiger partial charge on any atom is 0.418 e. The molecule has 0 bridgehead atoms. The van der Waals surface area contributed by atoms with Crippen molar-refractivity contribution in [3.63, 3.8) is 0 Å². The van der Waals surface area contributed by atoms with Crippen molar-refractivity contribution in [2.24, 2.45) is 23.7 Å². The monoisotopic (exact) mass is 694 g/mol. The van der Waals surface area contributed by atoms with E-state index in [0.717, 1.165) is 29.0 Å². The van der Waals surface area contributed by atoms with E-state index in [1.165, 1.54) is 19.2 Å². The lowest BCUT2D eigenvalue weighted by atomic mass is 9.84. The van der Waals surface area contributed by atoms with Gasteiger partial charge in [0.2, 0.25) is 11.7 Å². The van der Waals surface area contributed by atoms with Crippen molar-refractivity contribution in [3.8, 4) is 17.0 Å². The van der Waals surface area contributed by atoms with Gasteiger partial charge in [-0.3, -0.25) is 24.3 Å². The lowest BCUT2D eigenvalue weighted by Crippen LogP contribution is -2.76. The number of nitrogens with zero attached hydrogens (tertiary/aromatic N) is 5. The van der Waals surface area contributed by atoms with Gasteiger partial charge < -0.3 is 41.2 Å². The first kappa shape index (κ1) is 35.0. The molecule has 2 aromatic heterocycles. The van der Waals surface area contributed by atoms with Crippen LogP contribution in [0.25, 0.3) is 11.3 Å². The quantitative estimate of drug-likeness (QED) is 0.0476. The number of aromatic nitrogens is 3. The molecule has 254 valence electrons. The topological polar surface area (TPSA) is 286 Å². The molecule has 0 spiro atoms. The second kappa shape index (κ2) is 13.9. The van der Waals surface area contributed by atoms with Crippen LogP contribution in [-0.4, -0.2) is 86.4 Å². The van der Waals surface area contributed by atoms with Crippen LogP contribution in [0.4, 0.5) is 5.13 Å². The van der Waals surface area contributed by atoms with Crippen LogP contribution in [-0.2, 0) is 47.5 Å². The zero-order valence-electron chi connectivity index (χ0n) is 25.4. The molecule has 0 saturated carbocycles. The molecule has 0 radical (unpaired) electrons. The van der Waals surface area contributed by atoms with Gasteiger partial charge in [0.05, 0.1) is 11.2 Å². The Labute approximate surface area is 272 Å². The first-order valence-electron chi connectivity index (χ1n) is 13.8. The highest BCUT2D eigenvalue weighted by molar-refractivity contribution is 7.80. The largest absolute Gasteiger partial charge is 0.489 e. The highest BCUT2D eigenvalue weighted by Crippen LogP contribution is 2.33. The van der Waals surface area contributed by atoms with Crippen LogP contribution >= 0.6 is 11.3 Å². The molecule has 1 saturated heterocycles. The number of imidazole rings is 1. The molecule has 1 fully saturated rings. The number of rotatable bonds is 15. The van der Waals surface area contributed by atoms with Crippen molar-refractivity contribution in [1.29, 1.82) is 5.41 Å². The predicted octanol–water partition coefficient (Wildman–Crippen LogP) is -1.15. The van der Waals surface area contributed by atoms with Gasteiger partial charge in [0.15, 0.2) is 10.8 Å². The Morgan fingerprint density at radius 2 is 1.96 bits per heavy atom. The third-order valence-electron chi connectivity index (χ3n) is 7.07. The minimum Gasteiger partial charge on any atom is -0.489 e. The number of primary amides is 1. The number of hydroxylamine groups is 2. The average Bonchev–Trinajstić information content (AvgIpc) is 3.56. The maximum absolute atomic E-state index is 13.2. The number of nitrogen functional groups attached to an aromatic ring is 1. The van der Waals surface area contributed by atoms with E-state index in [4.69, 9.17) is 36.7 Å². The van der Waals surface area contributed by atoms with Gasteiger partial charge >= 0.3 is 10.4 Å². The first-order chi connectivity index (χ1) is 22.0. The summed E-state index contributed by atoms with van der Waals surface area (Å²) in [5.41, 5.74) is 16.8.